The maximum Gasteiger partial charge on any atom is 0.303 e. The van der Waals surface area contributed by atoms with Gasteiger partial charge in [-0.05, 0) is 57.5 Å². The van der Waals surface area contributed by atoms with E-state index in [-0.39, 0.29) is 12.5 Å². The Labute approximate surface area is 97.0 Å². The molecule has 0 bridgehead atoms. The zero-order valence-electron chi connectivity index (χ0n) is 9.82. The lowest BCUT2D eigenvalue weighted by molar-refractivity contribution is -0.137. The van der Waals surface area contributed by atoms with E-state index in [2.05, 4.69) is 5.32 Å². The Morgan fingerprint density at radius 1 is 1.19 bits per heavy atom. The molecule has 0 aromatic rings. The Kier molecular flexibility index (Phi) is 6.42. The number of carboxylic acid groups (broad SMARTS) is 1. The molecule has 0 unspecified atom stereocenters. The lowest BCUT2D eigenvalue weighted by atomic mass is 9.87. The molecule has 0 aliphatic heterocycles. The molecule has 0 saturated heterocycles. The van der Waals surface area contributed by atoms with Gasteiger partial charge >= 0.3 is 5.97 Å². The summed E-state index contributed by atoms with van der Waals surface area (Å²) in [7, 11) is 0. The van der Waals surface area contributed by atoms with Crippen LogP contribution in [0.25, 0.3) is 0 Å². The van der Waals surface area contributed by atoms with Crippen molar-refractivity contribution in [3.05, 3.63) is 0 Å². The summed E-state index contributed by atoms with van der Waals surface area (Å²) in [5.41, 5.74) is 0. The van der Waals surface area contributed by atoms with Gasteiger partial charge in [-0.25, -0.2) is 0 Å². The van der Waals surface area contributed by atoms with Gasteiger partial charge in [0.2, 0.25) is 0 Å². The Morgan fingerprint density at radius 2 is 1.88 bits per heavy atom. The van der Waals surface area contributed by atoms with Gasteiger partial charge in [-0.1, -0.05) is 0 Å². The molecule has 1 aliphatic carbocycles. The average molecular weight is 229 g/mol. The number of carbonyl (C=O) groups is 1. The van der Waals surface area contributed by atoms with Crippen LogP contribution in [0.2, 0.25) is 0 Å². The number of hydrogen-bond acceptors (Lipinski definition) is 3. The van der Waals surface area contributed by atoms with Gasteiger partial charge in [-0.3, -0.25) is 4.79 Å². The van der Waals surface area contributed by atoms with Gasteiger partial charge in [0, 0.05) is 6.42 Å². The van der Waals surface area contributed by atoms with Crippen LogP contribution in [0.1, 0.15) is 44.9 Å². The second kappa shape index (κ2) is 7.63. The van der Waals surface area contributed by atoms with Gasteiger partial charge in [0.1, 0.15) is 0 Å². The largest absolute Gasteiger partial charge is 0.481 e. The van der Waals surface area contributed by atoms with Crippen molar-refractivity contribution in [1.29, 1.82) is 0 Å². The third-order valence-corrected chi connectivity index (χ3v) is 3.24. The normalized spacial score (nSPS) is 25.6. The van der Waals surface area contributed by atoms with Gasteiger partial charge in [0.25, 0.3) is 0 Å². The van der Waals surface area contributed by atoms with Crippen molar-refractivity contribution in [3.8, 4) is 0 Å². The Balaban J connectivity index is 1.89. The fourth-order valence-corrected chi connectivity index (χ4v) is 2.18. The second-order valence-corrected chi connectivity index (χ2v) is 4.73. The quantitative estimate of drug-likeness (QED) is 0.577. The molecule has 1 aliphatic rings. The number of aliphatic hydroxyl groups excluding tert-OH is 1. The highest BCUT2D eigenvalue weighted by Gasteiger charge is 2.18. The predicted octanol–water partition coefficient (Wildman–Crippen LogP) is 1.38. The molecule has 1 saturated carbocycles. The monoisotopic (exact) mass is 229 g/mol. The van der Waals surface area contributed by atoms with E-state index in [1.54, 1.807) is 0 Å². The highest BCUT2D eigenvalue weighted by Crippen LogP contribution is 2.23. The van der Waals surface area contributed by atoms with Crippen LogP contribution in [0.15, 0.2) is 0 Å². The van der Waals surface area contributed by atoms with E-state index >= 15 is 0 Å². The van der Waals surface area contributed by atoms with Crippen LogP contribution in [-0.2, 0) is 4.79 Å². The number of rotatable bonds is 7. The smallest absolute Gasteiger partial charge is 0.303 e. The minimum absolute atomic E-state index is 0.0770. The lowest BCUT2D eigenvalue weighted by Gasteiger charge is -2.25. The van der Waals surface area contributed by atoms with Crippen molar-refractivity contribution < 1.29 is 15.0 Å². The molecule has 4 nitrogen and oxygen atoms in total. The van der Waals surface area contributed by atoms with Crippen LogP contribution < -0.4 is 5.32 Å². The number of aliphatic hydroxyl groups is 1. The zero-order valence-corrected chi connectivity index (χ0v) is 9.82. The molecule has 94 valence electrons. The van der Waals surface area contributed by atoms with Crippen LogP contribution in [0.5, 0.6) is 0 Å². The molecule has 16 heavy (non-hydrogen) atoms. The second-order valence-electron chi connectivity index (χ2n) is 4.73. The van der Waals surface area contributed by atoms with Gasteiger partial charge in [0.05, 0.1) is 6.10 Å². The van der Waals surface area contributed by atoms with Crippen LogP contribution in [0.4, 0.5) is 0 Å². The first kappa shape index (κ1) is 13.5. The van der Waals surface area contributed by atoms with Gasteiger partial charge in [-0.15, -0.1) is 0 Å². The fraction of sp³-hybridized carbons (Fsp3) is 0.917. The lowest BCUT2D eigenvalue weighted by Crippen LogP contribution is -2.28. The van der Waals surface area contributed by atoms with Crippen LogP contribution in [-0.4, -0.2) is 35.4 Å². The molecule has 0 atom stereocenters. The molecule has 0 amide bonds. The van der Waals surface area contributed by atoms with E-state index in [9.17, 15) is 9.90 Å². The Bertz CT molecular complexity index is 200. The Hall–Kier alpha value is -0.610. The number of carboxylic acids is 1. The summed E-state index contributed by atoms with van der Waals surface area (Å²) in [4.78, 5) is 10.3. The first-order valence-electron chi connectivity index (χ1n) is 6.29. The maximum absolute atomic E-state index is 10.3. The number of aliphatic carboxylic acids is 1. The molecule has 0 spiro atoms. The number of unbranched alkanes of at least 4 members (excludes halogenated alkanes) is 1. The summed E-state index contributed by atoms with van der Waals surface area (Å²) in [6, 6.07) is 0. The van der Waals surface area contributed by atoms with Crippen molar-refractivity contribution in [3.63, 3.8) is 0 Å². The molecule has 0 radical (unpaired) electrons. The molecule has 1 rings (SSSR count). The van der Waals surface area contributed by atoms with Crippen LogP contribution >= 0.6 is 0 Å². The minimum Gasteiger partial charge on any atom is -0.481 e. The molecule has 3 N–H and O–H groups in total. The maximum atomic E-state index is 10.3. The van der Waals surface area contributed by atoms with Gasteiger partial charge in [-0.2, -0.15) is 0 Å². The third-order valence-electron chi connectivity index (χ3n) is 3.24. The molecule has 0 heterocycles. The average Bonchev–Trinajstić information content (AvgIpc) is 2.25. The predicted molar refractivity (Wildman–Crippen MR) is 62.3 cm³/mol. The topological polar surface area (TPSA) is 69.6 Å². The van der Waals surface area contributed by atoms with Crippen molar-refractivity contribution in [2.45, 2.75) is 51.0 Å². The first-order chi connectivity index (χ1) is 7.68. The summed E-state index contributed by atoms with van der Waals surface area (Å²) in [6.07, 6.45) is 5.99. The van der Waals surface area contributed by atoms with E-state index in [1.165, 1.54) is 0 Å². The molecule has 1 fully saturated rings. The van der Waals surface area contributed by atoms with E-state index in [4.69, 9.17) is 5.11 Å². The van der Waals surface area contributed by atoms with Gasteiger partial charge < -0.3 is 15.5 Å². The first-order valence-corrected chi connectivity index (χ1v) is 6.29. The molecular weight excluding hydrogens is 206 g/mol. The number of nitrogens with one attached hydrogen (secondary N) is 1. The minimum atomic E-state index is -0.707. The highest BCUT2D eigenvalue weighted by atomic mass is 16.4. The van der Waals surface area contributed by atoms with Crippen LogP contribution in [0, 0.1) is 5.92 Å². The summed E-state index contributed by atoms with van der Waals surface area (Å²) >= 11 is 0. The van der Waals surface area contributed by atoms with Crippen molar-refractivity contribution in [2.75, 3.05) is 13.1 Å². The van der Waals surface area contributed by atoms with E-state index in [0.717, 1.165) is 51.6 Å². The summed E-state index contributed by atoms with van der Waals surface area (Å²) in [6.45, 7) is 1.92. The summed E-state index contributed by atoms with van der Waals surface area (Å²) in [5.74, 6) is -0.0101. The SMILES string of the molecule is O=C(O)CCCCNCC1CCC(O)CC1. The zero-order chi connectivity index (χ0) is 11.8. The molecular formula is C12H23NO3. The van der Waals surface area contributed by atoms with Crippen molar-refractivity contribution in [2.24, 2.45) is 5.92 Å². The fourth-order valence-electron chi connectivity index (χ4n) is 2.18. The number of hydrogen-bond donors (Lipinski definition) is 3. The molecule has 0 aromatic carbocycles. The standard InChI is InChI=1S/C12H23NO3/c14-11-6-4-10(5-7-11)9-13-8-2-1-3-12(15)16/h10-11,13-14H,1-9H2,(H,15,16). The van der Waals surface area contributed by atoms with E-state index in [1.807, 2.05) is 0 Å². The van der Waals surface area contributed by atoms with Crippen LogP contribution in [0.3, 0.4) is 0 Å². The molecule has 0 aromatic heterocycles. The molecule has 4 heteroatoms. The van der Waals surface area contributed by atoms with Crippen molar-refractivity contribution >= 4 is 5.97 Å². The summed E-state index contributed by atoms with van der Waals surface area (Å²) < 4.78 is 0. The summed E-state index contributed by atoms with van der Waals surface area (Å²) in [5, 5.41) is 21.2. The third kappa shape index (κ3) is 6.08. The van der Waals surface area contributed by atoms with E-state index in [0.29, 0.717) is 5.92 Å². The van der Waals surface area contributed by atoms with Gasteiger partial charge in [0.15, 0.2) is 0 Å². The van der Waals surface area contributed by atoms with Crippen molar-refractivity contribution in [1.82, 2.24) is 5.32 Å². The Morgan fingerprint density at radius 3 is 2.50 bits per heavy atom. The van der Waals surface area contributed by atoms with E-state index < -0.39 is 5.97 Å². The highest BCUT2D eigenvalue weighted by molar-refractivity contribution is 5.66.